The van der Waals surface area contributed by atoms with Gasteiger partial charge in [0.15, 0.2) is 0 Å². The Labute approximate surface area is 104 Å². The highest BCUT2D eigenvalue weighted by Crippen LogP contribution is 2.19. The van der Waals surface area contributed by atoms with Crippen LogP contribution >= 0.6 is 15.9 Å². The molecular weight excluding hydrogens is 270 g/mol. The molecular formula is C12H14BrNO2. The molecule has 0 unspecified atom stereocenters. The van der Waals surface area contributed by atoms with Crippen molar-refractivity contribution in [1.82, 2.24) is 0 Å². The van der Waals surface area contributed by atoms with Gasteiger partial charge in [-0.3, -0.25) is 4.79 Å². The van der Waals surface area contributed by atoms with Crippen LogP contribution in [-0.2, 0) is 9.53 Å². The Morgan fingerprint density at radius 1 is 1.56 bits per heavy atom. The van der Waals surface area contributed by atoms with Crippen LogP contribution in [0.4, 0.5) is 5.69 Å². The van der Waals surface area contributed by atoms with E-state index in [1.54, 1.807) is 0 Å². The summed E-state index contributed by atoms with van der Waals surface area (Å²) in [5.74, 6) is -0.195. The third-order valence-electron chi connectivity index (χ3n) is 1.93. The fraction of sp³-hybridized carbons (Fsp3) is 0.250. The highest BCUT2D eigenvalue weighted by molar-refractivity contribution is 9.10. The van der Waals surface area contributed by atoms with Gasteiger partial charge in [0.1, 0.15) is 0 Å². The number of aryl methyl sites for hydroxylation is 1. The van der Waals surface area contributed by atoms with Gasteiger partial charge in [0.05, 0.1) is 12.9 Å². The van der Waals surface area contributed by atoms with Crippen LogP contribution in [0.25, 0.3) is 0 Å². The Bertz CT molecular complexity index is 402. The molecule has 1 amide bonds. The molecule has 0 aliphatic rings. The molecule has 0 aromatic heterocycles. The van der Waals surface area contributed by atoms with Gasteiger partial charge in [-0.25, -0.2) is 0 Å². The van der Waals surface area contributed by atoms with Crippen LogP contribution in [0.1, 0.15) is 12.5 Å². The zero-order valence-corrected chi connectivity index (χ0v) is 10.9. The number of amides is 1. The average molecular weight is 284 g/mol. The number of carbonyl (C=O) groups is 1. The summed E-state index contributed by atoms with van der Waals surface area (Å²) in [4.78, 5) is 11.4. The molecule has 0 saturated carbocycles. The van der Waals surface area contributed by atoms with Crippen LogP contribution in [0.3, 0.4) is 0 Å². The molecule has 0 bridgehead atoms. The van der Waals surface area contributed by atoms with Gasteiger partial charge < -0.3 is 10.1 Å². The van der Waals surface area contributed by atoms with Crippen LogP contribution in [0.2, 0.25) is 0 Å². The van der Waals surface area contributed by atoms with E-state index in [0.717, 1.165) is 15.7 Å². The Kier molecular flexibility index (Phi) is 5.05. The molecule has 4 heteroatoms. The van der Waals surface area contributed by atoms with Gasteiger partial charge in [-0.2, -0.15) is 0 Å². The number of benzene rings is 1. The first-order chi connectivity index (χ1) is 7.63. The Balaban J connectivity index is 2.63. The summed E-state index contributed by atoms with van der Waals surface area (Å²) >= 11 is 3.37. The first kappa shape index (κ1) is 12.8. The van der Waals surface area contributed by atoms with Gasteiger partial charge in [-0.05, 0) is 37.6 Å². The zero-order valence-electron chi connectivity index (χ0n) is 9.29. The third-order valence-corrected chi connectivity index (χ3v) is 2.42. The van der Waals surface area contributed by atoms with Gasteiger partial charge in [-0.1, -0.05) is 15.9 Å². The van der Waals surface area contributed by atoms with Crippen molar-refractivity contribution in [3.8, 4) is 0 Å². The monoisotopic (exact) mass is 283 g/mol. The second kappa shape index (κ2) is 6.33. The van der Waals surface area contributed by atoms with Crippen molar-refractivity contribution in [3.05, 3.63) is 40.6 Å². The number of rotatable bonds is 4. The molecule has 16 heavy (non-hydrogen) atoms. The van der Waals surface area contributed by atoms with Gasteiger partial charge in [0.25, 0.3) is 5.91 Å². The van der Waals surface area contributed by atoms with Crippen molar-refractivity contribution in [3.63, 3.8) is 0 Å². The summed E-state index contributed by atoms with van der Waals surface area (Å²) in [5.41, 5.74) is 1.81. The van der Waals surface area contributed by atoms with Crippen molar-refractivity contribution < 1.29 is 9.53 Å². The largest absolute Gasteiger partial charge is 0.501 e. The number of anilines is 1. The van der Waals surface area contributed by atoms with Gasteiger partial charge in [0.2, 0.25) is 0 Å². The quantitative estimate of drug-likeness (QED) is 0.681. The maximum Gasteiger partial charge on any atom is 0.251 e. The maximum atomic E-state index is 11.4. The summed E-state index contributed by atoms with van der Waals surface area (Å²) < 4.78 is 5.94. The lowest BCUT2D eigenvalue weighted by Crippen LogP contribution is -2.09. The molecule has 0 aliphatic carbocycles. The van der Waals surface area contributed by atoms with E-state index in [4.69, 9.17) is 4.74 Å². The van der Waals surface area contributed by atoms with E-state index in [-0.39, 0.29) is 5.91 Å². The SMILES string of the molecule is CCOC=CC(=O)Nc1ccc(Br)cc1C. The lowest BCUT2D eigenvalue weighted by atomic mass is 10.2. The average Bonchev–Trinajstić information content (AvgIpc) is 2.23. The first-order valence-corrected chi connectivity index (χ1v) is 5.78. The minimum Gasteiger partial charge on any atom is -0.501 e. The minimum absolute atomic E-state index is 0.195. The summed E-state index contributed by atoms with van der Waals surface area (Å²) in [5, 5.41) is 2.77. The van der Waals surface area contributed by atoms with E-state index in [9.17, 15) is 4.79 Å². The van der Waals surface area contributed by atoms with Crippen molar-refractivity contribution in [1.29, 1.82) is 0 Å². The molecule has 0 saturated heterocycles. The van der Waals surface area contributed by atoms with E-state index in [2.05, 4.69) is 21.2 Å². The molecule has 0 spiro atoms. The predicted octanol–water partition coefficient (Wildman–Crippen LogP) is 3.25. The molecule has 3 nitrogen and oxygen atoms in total. The van der Waals surface area contributed by atoms with E-state index >= 15 is 0 Å². The number of hydrogen-bond acceptors (Lipinski definition) is 2. The highest BCUT2D eigenvalue weighted by Gasteiger charge is 2.01. The molecule has 1 aromatic carbocycles. The first-order valence-electron chi connectivity index (χ1n) is 4.98. The topological polar surface area (TPSA) is 38.3 Å². The Morgan fingerprint density at radius 3 is 2.94 bits per heavy atom. The molecule has 0 aliphatic heterocycles. The van der Waals surface area contributed by atoms with E-state index in [0.29, 0.717) is 6.61 Å². The lowest BCUT2D eigenvalue weighted by molar-refractivity contribution is -0.112. The smallest absolute Gasteiger partial charge is 0.251 e. The van der Waals surface area contributed by atoms with Crippen LogP contribution in [-0.4, -0.2) is 12.5 Å². The third kappa shape index (κ3) is 4.06. The second-order valence-electron chi connectivity index (χ2n) is 3.21. The standard InChI is InChI=1S/C12H14BrNO2/c1-3-16-7-6-12(15)14-11-5-4-10(13)8-9(11)2/h4-8H,3H2,1-2H3,(H,14,15). The molecule has 0 fully saturated rings. The second-order valence-corrected chi connectivity index (χ2v) is 4.12. The van der Waals surface area contributed by atoms with E-state index in [1.165, 1.54) is 12.3 Å². The fourth-order valence-electron chi connectivity index (χ4n) is 1.15. The molecule has 0 heterocycles. The molecule has 0 atom stereocenters. The summed E-state index contributed by atoms with van der Waals surface area (Å²) in [6.45, 7) is 4.36. The number of nitrogens with one attached hydrogen (secondary N) is 1. The normalized spacial score (nSPS) is 10.4. The minimum atomic E-state index is -0.195. The Morgan fingerprint density at radius 2 is 2.31 bits per heavy atom. The van der Waals surface area contributed by atoms with Gasteiger partial charge >= 0.3 is 0 Å². The van der Waals surface area contributed by atoms with Gasteiger partial charge in [0, 0.05) is 16.2 Å². The molecule has 1 rings (SSSR count). The number of carbonyl (C=O) groups excluding carboxylic acids is 1. The summed E-state index contributed by atoms with van der Waals surface area (Å²) in [7, 11) is 0. The summed E-state index contributed by atoms with van der Waals surface area (Å²) in [6.07, 6.45) is 2.76. The van der Waals surface area contributed by atoms with Crippen molar-refractivity contribution in [2.45, 2.75) is 13.8 Å². The van der Waals surface area contributed by atoms with Crippen molar-refractivity contribution in [2.75, 3.05) is 11.9 Å². The summed E-state index contributed by atoms with van der Waals surface area (Å²) in [6, 6.07) is 5.68. The molecule has 1 aromatic rings. The van der Waals surface area contributed by atoms with Crippen LogP contribution in [0, 0.1) is 6.92 Å². The zero-order chi connectivity index (χ0) is 12.0. The Hall–Kier alpha value is -1.29. The van der Waals surface area contributed by atoms with Crippen molar-refractivity contribution >= 4 is 27.5 Å². The van der Waals surface area contributed by atoms with Gasteiger partial charge in [-0.15, -0.1) is 0 Å². The van der Waals surface area contributed by atoms with Crippen LogP contribution in [0.15, 0.2) is 35.0 Å². The maximum absolute atomic E-state index is 11.4. The number of hydrogen-bond donors (Lipinski definition) is 1. The van der Waals surface area contributed by atoms with E-state index < -0.39 is 0 Å². The van der Waals surface area contributed by atoms with Crippen LogP contribution in [0.5, 0.6) is 0 Å². The fourth-order valence-corrected chi connectivity index (χ4v) is 1.62. The molecule has 86 valence electrons. The lowest BCUT2D eigenvalue weighted by Gasteiger charge is -2.06. The number of halogens is 1. The molecule has 1 N–H and O–H groups in total. The number of ether oxygens (including phenoxy) is 1. The predicted molar refractivity (Wildman–Crippen MR) is 68.3 cm³/mol. The highest BCUT2D eigenvalue weighted by atomic mass is 79.9. The molecule has 0 radical (unpaired) electrons. The van der Waals surface area contributed by atoms with E-state index in [1.807, 2.05) is 32.0 Å². The van der Waals surface area contributed by atoms with Crippen LogP contribution < -0.4 is 5.32 Å². The van der Waals surface area contributed by atoms with Crippen molar-refractivity contribution in [2.24, 2.45) is 0 Å².